The standard InChI is InChI=1S/C21H18N/c1-20-12-13-21(20,2)22-14-11-15-7-3-4-8-16(15)19(22)17-9-5-6-10-18(17)20/h3-14H,1-2H3/q+1. The molecule has 1 nitrogen and oxygen atoms in total. The van der Waals surface area contributed by atoms with E-state index in [0.29, 0.717) is 0 Å². The van der Waals surface area contributed by atoms with Crippen molar-refractivity contribution in [1.82, 2.24) is 0 Å². The fraction of sp³-hybridized carbons (Fsp3) is 0.190. The molecule has 0 saturated heterocycles. The van der Waals surface area contributed by atoms with Crippen molar-refractivity contribution in [2.75, 3.05) is 0 Å². The number of nitrogens with zero attached hydrogens (tertiary/aromatic N) is 1. The lowest BCUT2D eigenvalue weighted by molar-refractivity contribution is -0.753. The van der Waals surface area contributed by atoms with Crippen LogP contribution >= 0.6 is 0 Å². The maximum atomic E-state index is 2.47. The molecule has 1 aliphatic heterocycles. The Balaban J connectivity index is 2.02. The highest BCUT2D eigenvalue weighted by molar-refractivity contribution is 5.94. The molecule has 0 saturated carbocycles. The molecule has 3 aromatic rings. The Kier molecular flexibility index (Phi) is 2.03. The number of hydrogen-bond donors (Lipinski definition) is 0. The zero-order valence-electron chi connectivity index (χ0n) is 12.9. The minimum absolute atomic E-state index is 0.0146. The summed E-state index contributed by atoms with van der Waals surface area (Å²) in [4.78, 5) is 0. The second-order valence-electron chi connectivity index (χ2n) is 6.85. The largest absolute Gasteiger partial charge is 0.221 e. The average molecular weight is 284 g/mol. The van der Waals surface area contributed by atoms with Crippen molar-refractivity contribution in [3.8, 4) is 11.3 Å². The van der Waals surface area contributed by atoms with Crippen LogP contribution < -0.4 is 4.57 Å². The summed E-state index contributed by atoms with van der Waals surface area (Å²) >= 11 is 0. The second kappa shape index (κ2) is 3.67. The molecule has 2 unspecified atom stereocenters. The lowest BCUT2D eigenvalue weighted by atomic mass is 9.56. The fourth-order valence-corrected chi connectivity index (χ4v) is 4.29. The molecular weight excluding hydrogens is 266 g/mol. The van der Waals surface area contributed by atoms with Gasteiger partial charge in [-0.25, -0.2) is 0 Å². The van der Waals surface area contributed by atoms with Crippen LogP contribution in [0.4, 0.5) is 0 Å². The molecule has 2 aromatic carbocycles. The SMILES string of the molecule is CC12C=CC1(C)[n+]1ccc3ccccc3c1-c1ccccc12. The summed E-state index contributed by atoms with van der Waals surface area (Å²) in [5.74, 6) is 0. The molecule has 0 N–H and O–H groups in total. The Labute approximate surface area is 130 Å². The summed E-state index contributed by atoms with van der Waals surface area (Å²) < 4.78 is 2.47. The summed E-state index contributed by atoms with van der Waals surface area (Å²) in [6, 6.07) is 19.8. The van der Waals surface area contributed by atoms with Crippen molar-refractivity contribution >= 4 is 10.8 Å². The van der Waals surface area contributed by atoms with Crippen LogP contribution in [0.2, 0.25) is 0 Å². The van der Waals surface area contributed by atoms with E-state index in [1.807, 2.05) is 0 Å². The van der Waals surface area contributed by atoms with Gasteiger partial charge in [-0.15, -0.1) is 0 Å². The van der Waals surface area contributed by atoms with Crippen LogP contribution in [0.5, 0.6) is 0 Å². The van der Waals surface area contributed by atoms with Crippen LogP contribution in [0.3, 0.4) is 0 Å². The topological polar surface area (TPSA) is 3.88 Å². The fourth-order valence-electron chi connectivity index (χ4n) is 4.29. The zero-order chi connectivity index (χ0) is 14.9. The first-order chi connectivity index (χ1) is 10.7. The number of benzene rings is 2. The molecule has 2 aliphatic rings. The van der Waals surface area contributed by atoms with Crippen molar-refractivity contribution < 1.29 is 4.57 Å². The van der Waals surface area contributed by atoms with Gasteiger partial charge >= 0.3 is 0 Å². The first kappa shape index (κ1) is 12.2. The van der Waals surface area contributed by atoms with Crippen molar-refractivity contribution in [3.63, 3.8) is 0 Å². The van der Waals surface area contributed by atoms with Gasteiger partial charge in [0.05, 0.1) is 16.4 Å². The van der Waals surface area contributed by atoms with E-state index < -0.39 is 0 Å². The Hall–Kier alpha value is -2.41. The molecule has 0 amide bonds. The first-order valence-corrected chi connectivity index (χ1v) is 7.89. The second-order valence-corrected chi connectivity index (χ2v) is 6.85. The lowest BCUT2D eigenvalue weighted by Gasteiger charge is -2.49. The third kappa shape index (κ3) is 1.16. The molecule has 22 heavy (non-hydrogen) atoms. The molecule has 106 valence electrons. The normalized spacial score (nSPS) is 27.7. The van der Waals surface area contributed by atoms with Gasteiger partial charge in [0.2, 0.25) is 5.69 Å². The molecule has 5 rings (SSSR count). The number of pyridine rings is 1. The summed E-state index contributed by atoms with van der Waals surface area (Å²) in [6.45, 7) is 4.71. The Bertz CT molecular complexity index is 969. The van der Waals surface area contributed by atoms with Crippen LogP contribution in [-0.2, 0) is 11.0 Å². The summed E-state index contributed by atoms with van der Waals surface area (Å²) in [6.07, 6.45) is 6.97. The van der Waals surface area contributed by atoms with Gasteiger partial charge in [-0.1, -0.05) is 42.5 Å². The molecule has 1 heteroatoms. The zero-order valence-corrected chi connectivity index (χ0v) is 12.9. The Morgan fingerprint density at radius 1 is 0.818 bits per heavy atom. The van der Waals surface area contributed by atoms with Crippen LogP contribution in [0.15, 0.2) is 72.9 Å². The number of rotatable bonds is 0. The molecule has 0 fully saturated rings. The average Bonchev–Trinajstić information content (AvgIpc) is 2.57. The monoisotopic (exact) mass is 284 g/mol. The van der Waals surface area contributed by atoms with E-state index in [4.69, 9.17) is 0 Å². The predicted molar refractivity (Wildman–Crippen MR) is 89.7 cm³/mol. The number of allylic oxidation sites excluding steroid dienone is 2. The number of hydrogen-bond acceptors (Lipinski definition) is 0. The molecule has 1 aromatic heterocycles. The third-order valence-corrected chi connectivity index (χ3v) is 5.89. The Morgan fingerprint density at radius 3 is 2.41 bits per heavy atom. The quantitative estimate of drug-likeness (QED) is 0.427. The molecule has 0 spiro atoms. The van der Waals surface area contributed by atoms with Crippen LogP contribution in [-0.4, -0.2) is 0 Å². The van der Waals surface area contributed by atoms with Crippen molar-refractivity contribution in [1.29, 1.82) is 0 Å². The van der Waals surface area contributed by atoms with Gasteiger partial charge < -0.3 is 0 Å². The van der Waals surface area contributed by atoms with Crippen molar-refractivity contribution in [2.24, 2.45) is 0 Å². The van der Waals surface area contributed by atoms with E-state index in [9.17, 15) is 0 Å². The number of fused-ring (bicyclic) bond motifs is 8. The highest BCUT2D eigenvalue weighted by atomic mass is 15.1. The minimum Gasteiger partial charge on any atom is -0.188 e. The number of aromatic nitrogens is 1. The van der Waals surface area contributed by atoms with E-state index in [2.05, 4.69) is 91.4 Å². The lowest BCUT2D eigenvalue weighted by Crippen LogP contribution is -2.70. The Morgan fingerprint density at radius 2 is 1.59 bits per heavy atom. The van der Waals surface area contributed by atoms with E-state index >= 15 is 0 Å². The highest BCUT2D eigenvalue weighted by Gasteiger charge is 2.61. The molecule has 0 bridgehead atoms. The van der Waals surface area contributed by atoms with Gasteiger partial charge in [0.1, 0.15) is 0 Å². The van der Waals surface area contributed by atoms with E-state index in [0.717, 1.165) is 0 Å². The summed E-state index contributed by atoms with van der Waals surface area (Å²) in [5.41, 5.74) is 4.24. The summed E-state index contributed by atoms with van der Waals surface area (Å²) in [5, 5.41) is 2.64. The first-order valence-electron chi connectivity index (χ1n) is 7.89. The van der Waals surface area contributed by atoms with Crippen molar-refractivity contribution in [2.45, 2.75) is 24.8 Å². The predicted octanol–water partition coefficient (Wildman–Crippen LogP) is 4.35. The van der Waals surface area contributed by atoms with Gasteiger partial charge in [0, 0.05) is 13.0 Å². The molecule has 2 heterocycles. The van der Waals surface area contributed by atoms with E-state index in [-0.39, 0.29) is 11.0 Å². The van der Waals surface area contributed by atoms with Gasteiger partial charge in [-0.05, 0) is 36.1 Å². The van der Waals surface area contributed by atoms with Crippen molar-refractivity contribution in [3.05, 3.63) is 78.5 Å². The van der Waals surface area contributed by atoms with Gasteiger partial charge in [0.25, 0.3) is 0 Å². The third-order valence-electron chi connectivity index (χ3n) is 5.89. The minimum atomic E-state index is 0.0146. The smallest absolute Gasteiger partial charge is 0.188 e. The summed E-state index contributed by atoms with van der Waals surface area (Å²) in [7, 11) is 0. The maximum Gasteiger partial charge on any atom is 0.221 e. The molecule has 2 atom stereocenters. The van der Waals surface area contributed by atoms with Crippen LogP contribution in [0, 0.1) is 0 Å². The molecule has 1 aliphatic carbocycles. The van der Waals surface area contributed by atoms with E-state index in [1.165, 1.54) is 27.6 Å². The molecular formula is C21H18N+. The van der Waals surface area contributed by atoms with Crippen LogP contribution in [0.25, 0.3) is 22.0 Å². The maximum absolute atomic E-state index is 2.47. The van der Waals surface area contributed by atoms with Gasteiger partial charge in [-0.2, -0.15) is 4.57 Å². The van der Waals surface area contributed by atoms with Gasteiger partial charge in [0.15, 0.2) is 11.7 Å². The highest BCUT2D eigenvalue weighted by Crippen LogP contribution is 2.53. The van der Waals surface area contributed by atoms with Crippen LogP contribution in [0.1, 0.15) is 19.4 Å². The molecule has 0 radical (unpaired) electrons. The van der Waals surface area contributed by atoms with E-state index in [1.54, 1.807) is 0 Å². The van der Waals surface area contributed by atoms with Gasteiger partial charge in [-0.3, -0.25) is 0 Å².